The van der Waals surface area contributed by atoms with E-state index in [4.69, 9.17) is 10.00 Å². The van der Waals surface area contributed by atoms with E-state index < -0.39 is 0 Å². The Hall–Kier alpha value is -2.08. The standard InChI is InChI=1S/C15H14N2O/c16-9-12-10-17-14-4-2-1-3-13(14)15(12)18-8-7-11-5-6-11/h1-4,10-11H,5-8H2. The van der Waals surface area contributed by atoms with Crippen LogP contribution in [0.15, 0.2) is 30.5 Å². The molecule has 1 fully saturated rings. The first-order valence-corrected chi connectivity index (χ1v) is 6.29. The second kappa shape index (κ2) is 4.66. The molecule has 1 aromatic heterocycles. The molecule has 0 radical (unpaired) electrons. The molecule has 90 valence electrons. The highest BCUT2D eigenvalue weighted by molar-refractivity contribution is 5.86. The molecule has 0 bridgehead atoms. The van der Waals surface area contributed by atoms with Gasteiger partial charge in [-0.05, 0) is 24.5 Å². The molecular formula is C15H14N2O. The van der Waals surface area contributed by atoms with Gasteiger partial charge in [-0.3, -0.25) is 4.98 Å². The van der Waals surface area contributed by atoms with Crippen molar-refractivity contribution in [1.82, 2.24) is 4.98 Å². The van der Waals surface area contributed by atoms with Crippen LogP contribution in [-0.4, -0.2) is 11.6 Å². The first-order valence-electron chi connectivity index (χ1n) is 6.29. The molecule has 0 saturated heterocycles. The monoisotopic (exact) mass is 238 g/mol. The third kappa shape index (κ3) is 2.14. The second-order valence-electron chi connectivity index (χ2n) is 4.71. The molecule has 0 spiro atoms. The fourth-order valence-corrected chi connectivity index (χ4v) is 2.09. The van der Waals surface area contributed by atoms with Gasteiger partial charge in [0.1, 0.15) is 17.4 Å². The van der Waals surface area contributed by atoms with Crippen LogP contribution in [0, 0.1) is 17.2 Å². The molecule has 0 unspecified atom stereocenters. The maximum Gasteiger partial charge on any atom is 0.148 e. The summed E-state index contributed by atoms with van der Waals surface area (Å²) < 4.78 is 5.83. The van der Waals surface area contributed by atoms with Crippen molar-refractivity contribution in [3.8, 4) is 11.8 Å². The van der Waals surface area contributed by atoms with E-state index in [0.29, 0.717) is 17.9 Å². The zero-order chi connectivity index (χ0) is 12.4. The highest BCUT2D eigenvalue weighted by Gasteiger charge is 2.21. The largest absolute Gasteiger partial charge is 0.491 e. The molecule has 0 N–H and O–H groups in total. The van der Waals surface area contributed by atoms with Gasteiger partial charge in [0, 0.05) is 11.6 Å². The van der Waals surface area contributed by atoms with Crippen molar-refractivity contribution in [3.63, 3.8) is 0 Å². The van der Waals surface area contributed by atoms with Crippen molar-refractivity contribution in [2.45, 2.75) is 19.3 Å². The number of hydrogen-bond donors (Lipinski definition) is 0. The number of para-hydroxylation sites is 1. The molecule has 3 rings (SSSR count). The number of rotatable bonds is 4. The van der Waals surface area contributed by atoms with Crippen LogP contribution in [0.4, 0.5) is 0 Å². The van der Waals surface area contributed by atoms with Crippen LogP contribution < -0.4 is 4.74 Å². The predicted molar refractivity (Wildman–Crippen MR) is 69.3 cm³/mol. The number of ether oxygens (including phenoxy) is 1. The van der Waals surface area contributed by atoms with Gasteiger partial charge in [0.25, 0.3) is 0 Å². The fraction of sp³-hybridized carbons (Fsp3) is 0.333. The van der Waals surface area contributed by atoms with Crippen LogP contribution in [-0.2, 0) is 0 Å². The molecule has 0 aliphatic heterocycles. The van der Waals surface area contributed by atoms with E-state index in [1.54, 1.807) is 6.20 Å². The number of hydrogen-bond acceptors (Lipinski definition) is 3. The minimum atomic E-state index is 0.518. The minimum absolute atomic E-state index is 0.518. The van der Waals surface area contributed by atoms with Crippen molar-refractivity contribution in [1.29, 1.82) is 5.26 Å². The Morgan fingerprint density at radius 3 is 2.94 bits per heavy atom. The van der Waals surface area contributed by atoms with E-state index in [1.807, 2.05) is 24.3 Å². The Kier molecular flexibility index (Phi) is 2.85. The summed E-state index contributed by atoms with van der Waals surface area (Å²) in [5, 5.41) is 10.1. The van der Waals surface area contributed by atoms with Gasteiger partial charge in [-0.25, -0.2) is 0 Å². The highest BCUT2D eigenvalue weighted by atomic mass is 16.5. The summed E-state index contributed by atoms with van der Waals surface area (Å²) >= 11 is 0. The Morgan fingerprint density at radius 1 is 1.33 bits per heavy atom. The van der Waals surface area contributed by atoms with Gasteiger partial charge in [-0.15, -0.1) is 0 Å². The molecule has 0 atom stereocenters. The summed E-state index contributed by atoms with van der Waals surface area (Å²) in [6.07, 6.45) is 5.33. The molecule has 1 aliphatic carbocycles. The van der Waals surface area contributed by atoms with E-state index in [9.17, 15) is 0 Å². The van der Waals surface area contributed by atoms with Crippen LogP contribution in [0.1, 0.15) is 24.8 Å². The van der Waals surface area contributed by atoms with Gasteiger partial charge >= 0.3 is 0 Å². The van der Waals surface area contributed by atoms with E-state index in [0.717, 1.165) is 23.2 Å². The molecule has 3 nitrogen and oxygen atoms in total. The summed E-state index contributed by atoms with van der Waals surface area (Å²) in [5.41, 5.74) is 1.39. The number of pyridine rings is 1. The summed E-state index contributed by atoms with van der Waals surface area (Å²) in [4.78, 5) is 4.27. The van der Waals surface area contributed by atoms with Crippen molar-refractivity contribution in [3.05, 3.63) is 36.0 Å². The van der Waals surface area contributed by atoms with E-state index >= 15 is 0 Å². The average Bonchev–Trinajstić information content (AvgIpc) is 3.23. The maximum atomic E-state index is 9.13. The molecule has 3 heteroatoms. The normalized spacial score (nSPS) is 14.4. The molecule has 1 heterocycles. The molecule has 1 aliphatic rings. The topological polar surface area (TPSA) is 45.9 Å². The zero-order valence-electron chi connectivity index (χ0n) is 10.1. The van der Waals surface area contributed by atoms with Crippen LogP contribution in [0.2, 0.25) is 0 Å². The third-order valence-corrected chi connectivity index (χ3v) is 3.32. The van der Waals surface area contributed by atoms with E-state index in [-0.39, 0.29) is 0 Å². The zero-order valence-corrected chi connectivity index (χ0v) is 10.1. The molecule has 0 amide bonds. The lowest BCUT2D eigenvalue weighted by Crippen LogP contribution is -2.01. The molecule has 18 heavy (non-hydrogen) atoms. The molecular weight excluding hydrogens is 224 g/mol. The van der Waals surface area contributed by atoms with Crippen LogP contribution in [0.3, 0.4) is 0 Å². The number of benzene rings is 1. The lowest BCUT2D eigenvalue weighted by Gasteiger charge is -2.10. The number of aromatic nitrogens is 1. The summed E-state index contributed by atoms with van der Waals surface area (Å²) in [5.74, 6) is 1.52. The number of nitrogens with zero attached hydrogens (tertiary/aromatic N) is 2. The lowest BCUT2D eigenvalue weighted by molar-refractivity contribution is 0.305. The Morgan fingerprint density at radius 2 is 2.17 bits per heavy atom. The van der Waals surface area contributed by atoms with Crippen molar-refractivity contribution >= 4 is 10.9 Å². The van der Waals surface area contributed by atoms with Crippen molar-refractivity contribution < 1.29 is 4.74 Å². The van der Waals surface area contributed by atoms with Gasteiger partial charge in [-0.1, -0.05) is 25.0 Å². The van der Waals surface area contributed by atoms with Crippen LogP contribution in [0.5, 0.6) is 5.75 Å². The Bertz CT molecular complexity index is 611. The van der Waals surface area contributed by atoms with Crippen molar-refractivity contribution in [2.24, 2.45) is 5.92 Å². The summed E-state index contributed by atoms with van der Waals surface area (Å²) in [7, 11) is 0. The first-order chi connectivity index (χ1) is 8.88. The van der Waals surface area contributed by atoms with E-state index in [1.165, 1.54) is 12.8 Å². The van der Waals surface area contributed by atoms with Gasteiger partial charge < -0.3 is 4.74 Å². The minimum Gasteiger partial charge on any atom is -0.491 e. The Labute approximate surface area is 106 Å². The third-order valence-electron chi connectivity index (χ3n) is 3.32. The summed E-state index contributed by atoms with van der Waals surface area (Å²) in [6, 6.07) is 9.93. The highest BCUT2D eigenvalue weighted by Crippen LogP contribution is 2.33. The smallest absolute Gasteiger partial charge is 0.148 e. The van der Waals surface area contributed by atoms with Crippen LogP contribution in [0.25, 0.3) is 10.9 Å². The number of fused-ring (bicyclic) bond motifs is 1. The quantitative estimate of drug-likeness (QED) is 0.821. The van der Waals surface area contributed by atoms with Gasteiger partial charge in [0.05, 0.1) is 12.1 Å². The van der Waals surface area contributed by atoms with E-state index in [2.05, 4.69) is 11.1 Å². The van der Waals surface area contributed by atoms with Crippen LogP contribution >= 0.6 is 0 Å². The van der Waals surface area contributed by atoms with Crippen molar-refractivity contribution in [2.75, 3.05) is 6.61 Å². The maximum absolute atomic E-state index is 9.13. The molecule has 1 saturated carbocycles. The lowest BCUT2D eigenvalue weighted by atomic mass is 10.1. The fourth-order valence-electron chi connectivity index (χ4n) is 2.09. The Balaban J connectivity index is 1.92. The average molecular weight is 238 g/mol. The predicted octanol–water partition coefficient (Wildman–Crippen LogP) is 3.29. The molecule has 2 aromatic rings. The van der Waals surface area contributed by atoms with Gasteiger partial charge in [0.2, 0.25) is 0 Å². The summed E-state index contributed by atoms with van der Waals surface area (Å²) in [6.45, 7) is 0.688. The SMILES string of the molecule is N#Cc1cnc2ccccc2c1OCCC1CC1. The molecule has 1 aromatic carbocycles. The first kappa shape index (κ1) is 11.0. The second-order valence-corrected chi connectivity index (χ2v) is 4.71. The van der Waals surface area contributed by atoms with Gasteiger partial charge in [0.15, 0.2) is 0 Å². The van der Waals surface area contributed by atoms with Gasteiger partial charge in [-0.2, -0.15) is 5.26 Å². The number of nitriles is 1.